The Morgan fingerprint density at radius 2 is 1.80 bits per heavy atom. The van der Waals surface area contributed by atoms with Crippen molar-refractivity contribution in [3.8, 4) is 0 Å². The summed E-state index contributed by atoms with van der Waals surface area (Å²) in [6, 6.07) is 0. The van der Waals surface area contributed by atoms with Crippen LogP contribution in [0.2, 0.25) is 0 Å². The highest BCUT2D eigenvalue weighted by Crippen LogP contribution is 2.09. The van der Waals surface area contributed by atoms with Crippen LogP contribution in [0.15, 0.2) is 0 Å². The van der Waals surface area contributed by atoms with Gasteiger partial charge in [0.15, 0.2) is 6.29 Å². The Labute approximate surface area is 90.3 Å². The molecule has 0 spiro atoms. The number of unbranched alkanes of at least 4 members (excludes halogenated alkanes) is 1. The van der Waals surface area contributed by atoms with E-state index in [1.807, 2.05) is 0 Å². The van der Waals surface area contributed by atoms with Crippen molar-refractivity contribution in [3.63, 3.8) is 0 Å². The third kappa shape index (κ3) is 6.43. The van der Waals surface area contributed by atoms with Crippen molar-refractivity contribution in [2.75, 3.05) is 21.3 Å². The predicted molar refractivity (Wildman–Crippen MR) is 54.3 cm³/mol. The van der Waals surface area contributed by atoms with Crippen LogP contribution in [-0.2, 0) is 19.0 Å². The van der Waals surface area contributed by atoms with Crippen molar-refractivity contribution in [1.29, 1.82) is 0 Å². The van der Waals surface area contributed by atoms with Crippen LogP contribution in [0.5, 0.6) is 0 Å². The number of esters is 1. The molecule has 0 radical (unpaired) electrons. The minimum atomic E-state index is -0.655. The number of carbonyl (C=O) groups is 1. The molecule has 0 fully saturated rings. The summed E-state index contributed by atoms with van der Waals surface area (Å²) in [5.74, 6) is -0.223. The van der Waals surface area contributed by atoms with Crippen LogP contribution in [0.4, 0.5) is 0 Å². The molecule has 0 aliphatic rings. The first-order valence-corrected chi connectivity index (χ1v) is 4.96. The highest BCUT2D eigenvalue weighted by Gasteiger charge is 2.17. The van der Waals surface area contributed by atoms with Gasteiger partial charge in [-0.2, -0.15) is 0 Å². The van der Waals surface area contributed by atoms with Crippen LogP contribution in [0, 0.1) is 0 Å². The summed E-state index contributed by atoms with van der Waals surface area (Å²) in [6.45, 7) is 0. The lowest BCUT2D eigenvalue weighted by molar-refractivity contribution is -0.165. The molecule has 15 heavy (non-hydrogen) atoms. The number of aliphatic hydroxyl groups is 1. The highest BCUT2D eigenvalue weighted by atomic mass is 16.7. The first kappa shape index (κ1) is 14.3. The van der Waals surface area contributed by atoms with Gasteiger partial charge in [-0.1, -0.05) is 6.42 Å². The van der Waals surface area contributed by atoms with Gasteiger partial charge in [-0.15, -0.1) is 0 Å². The quantitative estimate of drug-likeness (QED) is 0.370. The van der Waals surface area contributed by atoms with E-state index in [-0.39, 0.29) is 5.97 Å². The topological polar surface area (TPSA) is 65.0 Å². The van der Waals surface area contributed by atoms with Gasteiger partial charge in [0.05, 0.1) is 7.11 Å². The first-order valence-electron chi connectivity index (χ1n) is 4.96. The molecule has 1 N–H and O–H groups in total. The zero-order chi connectivity index (χ0) is 11.7. The number of methoxy groups -OCH3 is 3. The lowest BCUT2D eigenvalue weighted by Crippen LogP contribution is -2.29. The number of rotatable bonds is 8. The third-order valence-corrected chi connectivity index (χ3v) is 2.14. The summed E-state index contributed by atoms with van der Waals surface area (Å²) >= 11 is 0. The fraction of sp³-hybridized carbons (Fsp3) is 0.900. The molecular weight excluding hydrogens is 200 g/mol. The maximum atomic E-state index is 10.8. The smallest absolute Gasteiger partial charge is 0.305 e. The van der Waals surface area contributed by atoms with E-state index in [1.165, 1.54) is 21.3 Å². The Kier molecular flexibility index (Phi) is 8.27. The summed E-state index contributed by atoms with van der Waals surface area (Å²) in [4.78, 5) is 10.8. The van der Waals surface area contributed by atoms with Gasteiger partial charge in [-0.05, 0) is 12.8 Å². The molecule has 0 aliphatic carbocycles. The fourth-order valence-corrected chi connectivity index (χ4v) is 1.27. The van der Waals surface area contributed by atoms with Gasteiger partial charge in [-0.3, -0.25) is 4.79 Å². The Bertz CT molecular complexity index is 167. The van der Waals surface area contributed by atoms with Gasteiger partial charge in [0.1, 0.15) is 6.10 Å². The number of ether oxygens (including phenoxy) is 3. The minimum absolute atomic E-state index is 0.223. The summed E-state index contributed by atoms with van der Waals surface area (Å²) < 4.78 is 14.3. The maximum Gasteiger partial charge on any atom is 0.305 e. The van der Waals surface area contributed by atoms with E-state index in [1.54, 1.807) is 0 Å². The van der Waals surface area contributed by atoms with E-state index >= 15 is 0 Å². The standard InChI is InChI=1S/C10H20O5/c1-13-9(12)7-5-4-6-8(11)10(14-2)15-3/h8,10-11H,4-7H2,1-3H3. The highest BCUT2D eigenvalue weighted by molar-refractivity contribution is 5.68. The molecule has 0 saturated heterocycles. The number of carbonyl (C=O) groups excluding carboxylic acids is 1. The zero-order valence-corrected chi connectivity index (χ0v) is 9.56. The summed E-state index contributed by atoms with van der Waals surface area (Å²) in [7, 11) is 4.32. The van der Waals surface area contributed by atoms with Crippen LogP contribution < -0.4 is 0 Å². The normalized spacial score (nSPS) is 12.9. The van der Waals surface area contributed by atoms with Crippen molar-refractivity contribution in [3.05, 3.63) is 0 Å². The lowest BCUT2D eigenvalue weighted by atomic mass is 10.1. The summed E-state index contributed by atoms with van der Waals surface area (Å²) in [6.07, 6.45) is 1.11. The molecule has 0 aromatic heterocycles. The molecule has 5 nitrogen and oxygen atoms in total. The number of aliphatic hydroxyl groups excluding tert-OH is 1. The monoisotopic (exact) mass is 220 g/mol. The molecule has 1 unspecified atom stereocenters. The van der Waals surface area contributed by atoms with Crippen molar-refractivity contribution in [2.24, 2.45) is 0 Å². The second-order valence-corrected chi connectivity index (χ2v) is 3.23. The summed E-state index contributed by atoms with van der Waals surface area (Å²) in [5, 5.41) is 9.57. The van der Waals surface area contributed by atoms with Gasteiger partial charge >= 0.3 is 5.97 Å². The second-order valence-electron chi connectivity index (χ2n) is 3.23. The Morgan fingerprint density at radius 1 is 1.20 bits per heavy atom. The van der Waals surface area contributed by atoms with Crippen LogP contribution in [0.25, 0.3) is 0 Å². The van der Waals surface area contributed by atoms with Gasteiger partial charge < -0.3 is 19.3 Å². The molecule has 0 aromatic rings. The Balaban J connectivity index is 3.53. The van der Waals surface area contributed by atoms with Gasteiger partial charge in [0.25, 0.3) is 0 Å². The molecule has 0 saturated carbocycles. The molecule has 0 aliphatic heterocycles. The second kappa shape index (κ2) is 8.64. The third-order valence-electron chi connectivity index (χ3n) is 2.14. The van der Waals surface area contributed by atoms with E-state index in [0.29, 0.717) is 19.3 Å². The fourth-order valence-electron chi connectivity index (χ4n) is 1.27. The van der Waals surface area contributed by atoms with Gasteiger partial charge in [0, 0.05) is 20.6 Å². The summed E-state index contributed by atoms with van der Waals surface area (Å²) in [5.41, 5.74) is 0. The minimum Gasteiger partial charge on any atom is -0.469 e. The number of hydrogen-bond donors (Lipinski definition) is 1. The van der Waals surface area contributed by atoms with Crippen molar-refractivity contribution in [1.82, 2.24) is 0 Å². The van der Waals surface area contributed by atoms with E-state index in [2.05, 4.69) is 4.74 Å². The maximum absolute atomic E-state index is 10.8. The average molecular weight is 220 g/mol. The van der Waals surface area contributed by atoms with Crippen molar-refractivity contribution >= 4 is 5.97 Å². The molecular formula is C10H20O5. The van der Waals surface area contributed by atoms with Crippen molar-refractivity contribution in [2.45, 2.75) is 38.1 Å². The molecule has 1 atom stereocenters. The molecule has 5 heteroatoms. The van der Waals surface area contributed by atoms with Crippen molar-refractivity contribution < 1.29 is 24.1 Å². The molecule has 0 bridgehead atoms. The van der Waals surface area contributed by atoms with Crippen LogP contribution in [-0.4, -0.2) is 44.8 Å². The molecule has 0 aromatic carbocycles. The van der Waals surface area contributed by atoms with E-state index in [0.717, 1.165) is 6.42 Å². The zero-order valence-electron chi connectivity index (χ0n) is 9.56. The van der Waals surface area contributed by atoms with Crippen LogP contribution >= 0.6 is 0 Å². The molecule has 0 rings (SSSR count). The van der Waals surface area contributed by atoms with E-state index in [4.69, 9.17) is 9.47 Å². The van der Waals surface area contributed by atoms with Crippen LogP contribution in [0.3, 0.4) is 0 Å². The SMILES string of the molecule is COC(=O)CCCCC(O)C(OC)OC. The van der Waals surface area contributed by atoms with Crippen LogP contribution in [0.1, 0.15) is 25.7 Å². The molecule has 0 heterocycles. The van der Waals surface area contributed by atoms with E-state index < -0.39 is 12.4 Å². The lowest BCUT2D eigenvalue weighted by Gasteiger charge is -2.19. The van der Waals surface area contributed by atoms with E-state index in [9.17, 15) is 9.90 Å². The van der Waals surface area contributed by atoms with Gasteiger partial charge in [0.2, 0.25) is 0 Å². The molecule has 0 amide bonds. The largest absolute Gasteiger partial charge is 0.469 e. The van der Waals surface area contributed by atoms with Gasteiger partial charge in [-0.25, -0.2) is 0 Å². The first-order chi connectivity index (χ1) is 7.15. The predicted octanol–water partition coefficient (Wildman–Crippen LogP) is 0.700. The number of hydrogen-bond acceptors (Lipinski definition) is 5. The average Bonchev–Trinajstić information content (AvgIpc) is 2.25. The molecule has 90 valence electrons. The Morgan fingerprint density at radius 3 is 2.27 bits per heavy atom. The Hall–Kier alpha value is -0.650.